The Bertz CT molecular complexity index is 964. The minimum absolute atomic E-state index is 0.126. The van der Waals surface area contributed by atoms with Crippen LogP contribution in [-0.4, -0.2) is 46.0 Å². The van der Waals surface area contributed by atoms with Gasteiger partial charge in [0, 0.05) is 24.8 Å². The summed E-state index contributed by atoms with van der Waals surface area (Å²) in [6.45, 7) is 11.3. The Morgan fingerprint density at radius 3 is 2.41 bits per heavy atom. The second-order valence-corrected chi connectivity index (χ2v) is 11.8. The van der Waals surface area contributed by atoms with Crippen LogP contribution in [0.2, 0.25) is 0 Å². The van der Waals surface area contributed by atoms with Crippen LogP contribution in [0.3, 0.4) is 0 Å². The molecule has 34 heavy (non-hydrogen) atoms. The largest absolute Gasteiger partial charge is 0.394 e. The van der Waals surface area contributed by atoms with Crippen molar-refractivity contribution >= 4 is 5.95 Å². The fourth-order valence-corrected chi connectivity index (χ4v) is 5.74. The van der Waals surface area contributed by atoms with E-state index in [2.05, 4.69) is 55.8 Å². The van der Waals surface area contributed by atoms with Crippen LogP contribution >= 0.6 is 0 Å². The molecular formula is C29H43N3O2. The molecular weight excluding hydrogens is 422 g/mol. The Balaban J connectivity index is 1.41. The van der Waals surface area contributed by atoms with E-state index >= 15 is 0 Å². The van der Waals surface area contributed by atoms with Crippen LogP contribution in [0, 0.1) is 5.92 Å². The van der Waals surface area contributed by atoms with Gasteiger partial charge in [0.05, 0.1) is 18.4 Å². The molecule has 0 saturated carbocycles. The summed E-state index contributed by atoms with van der Waals surface area (Å²) < 4.78 is 0. The molecule has 4 rings (SSSR count). The van der Waals surface area contributed by atoms with Crippen LogP contribution in [0.1, 0.15) is 90.2 Å². The summed E-state index contributed by atoms with van der Waals surface area (Å²) in [7, 11) is 0. The monoisotopic (exact) mass is 465 g/mol. The highest BCUT2D eigenvalue weighted by Crippen LogP contribution is 2.46. The van der Waals surface area contributed by atoms with Gasteiger partial charge in [-0.2, -0.15) is 0 Å². The highest BCUT2D eigenvalue weighted by Gasteiger charge is 2.37. The molecule has 1 aromatic heterocycles. The fourth-order valence-electron chi connectivity index (χ4n) is 5.74. The van der Waals surface area contributed by atoms with Crippen molar-refractivity contribution in [3.05, 3.63) is 41.6 Å². The minimum Gasteiger partial charge on any atom is -0.394 e. The molecule has 0 amide bonds. The number of hydrogen-bond donors (Lipinski definition) is 2. The van der Waals surface area contributed by atoms with Gasteiger partial charge in [-0.1, -0.05) is 59.1 Å². The molecule has 0 radical (unpaired) electrons. The van der Waals surface area contributed by atoms with Gasteiger partial charge in [0.15, 0.2) is 0 Å². The van der Waals surface area contributed by atoms with Gasteiger partial charge in [-0.3, -0.25) is 0 Å². The number of benzene rings is 1. The number of anilines is 1. The van der Waals surface area contributed by atoms with Crippen LogP contribution in [-0.2, 0) is 10.8 Å². The Hall–Kier alpha value is -1.98. The summed E-state index contributed by atoms with van der Waals surface area (Å²) in [6.07, 6.45) is 10.1. The zero-order chi connectivity index (χ0) is 24.3. The van der Waals surface area contributed by atoms with Crippen LogP contribution in [0.5, 0.6) is 0 Å². The predicted octanol–water partition coefficient (Wildman–Crippen LogP) is 5.62. The number of aromatic nitrogens is 2. The van der Waals surface area contributed by atoms with Gasteiger partial charge in [-0.05, 0) is 72.1 Å². The maximum atomic E-state index is 9.50. The lowest BCUT2D eigenvalue weighted by Gasteiger charge is -2.42. The molecule has 1 aromatic carbocycles. The Morgan fingerprint density at radius 2 is 1.71 bits per heavy atom. The van der Waals surface area contributed by atoms with Crippen molar-refractivity contribution in [2.24, 2.45) is 5.92 Å². The van der Waals surface area contributed by atoms with Crippen molar-refractivity contribution in [3.63, 3.8) is 0 Å². The first-order valence-electron chi connectivity index (χ1n) is 13.2. The third kappa shape index (κ3) is 5.63. The molecule has 0 bridgehead atoms. The lowest BCUT2D eigenvalue weighted by atomic mass is 9.63. The quantitative estimate of drug-likeness (QED) is 0.495. The van der Waals surface area contributed by atoms with E-state index in [1.54, 1.807) is 0 Å². The smallest absolute Gasteiger partial charge is 0.225 e. The zero-order valence-electron chi connectivity index (χ0n) is 21.6. The average Bonchev–Trinajstić information content (AvgIpc) is 2.85. The number of unbranched alkanes of at least 4 members (excludes halogenated alkanes) is 1. The number of aliphatic hydroxyl groups is 2. The zero-order valence-corrected chi connectivity index (χ0v) is 21.6. The van der Waals surface area contributed by atoms with E-state index in [-0.39, 0.29) is 17.4 Å². The third-order valence-electron chi connectivity index (χ3n) is 8.30. The topological polar surface area (TPSA) is 69.5 Å². The second kappa shape index (κ2) is 10.3. The summed E-state index contributed by atoms with van der Waals surface area (Å²) >= 11 is 0. The molecule has 1 saturated heterocycles. The molecule has 2 heterocycles. The summed E-state index contributed by atoms with van der Waals surface area (Å²) in [5.41, 5.74) is 5.56. The van der Waals surface area contributed by atoms with E-state index in [9.17, 15) is 5.11 Å². The van der Waals surface area contributed by atoms with E-state index < -0.39 is 6.10 Å². The van der Waals surface area contributed by atoms with E-state index in [1.165, 1.54) is 36.0 Å². The van der Waals surface area contributed by atoms with Crippen molar-refractivity contribution in [1.82, 2.24) is 9.97 Å². The molecule has 5 heteroatoms. The van der Waals surface area contributed by atoms with E-state index in [4.69, 9.17) is 10.1 Å². The maximum Gasteiger partial charge on any atom is 0.225 e. The van der Waals surface area contributed by atoms with Gasteiger partial charge < -0.3 is 15.1 Å². The van der Waals surface area contributed by atoms with E-state index in [1.807, 2.05) is 12.3 Å². The van der Waals surface area contributed by atoms with Gasteiger partial charge in [0.2, 0.25) is 5.95 Å². The molecule has 1 atom stereocenters. The Kier molecular flexibility index (Phi) is 7.63. The average molecular weight is 466 g/mol. The van der Waals surface area contributed by atoms with Crippen molar-refractivity contribution in [2.75, 3.05) is 24.6 Å². The number of nitrogens with zero attached hydrogens (tertiary/aromatic N) is 3. The van der Waals surface area contributed by atoms with Crippen molar-refractivity contribution in [1.29, 1.82) is 0 Å². The Morgan fingerprint density at radius 1 is 1.00 bits per heavy atom. The number of fused-ring (bicyclic) bond motifs is 1. The molecule has 2 aromatic rings. The number of hydrogen-bond acceptors (Lipinski definition) is 5. The molecule has 0 unspecified atom stereocenters. The lowest BCUT2D eigenvalue weighted by Crippen LogP contribution is -2.35. The molecule has 1 aliphatic carbocycles. The van der Waals surface area contributed by atoms with Crippen molar-refractivity contribution in [3.8, 4) is 11.3 Å². The van der Waals surface area contributed by atoms with Gasteiger partial charge in [0.25, 0.3) is 0 Å². The molecule has 2 aliphatic rings. The Labute approximate surface area is 205 Å². The predicted molar refractivity (Wildman–Crippen MR) is 139 cm³/mol. The molecule has 1 aliphatic heterocycles. The van der Waals surface area contributed by atoms with Crippen molar-refractivity contribution < 1.29 is 10.2 Å². The van der Waals surface area contributed by atoms with Gasteiger partial charge >= 0.3 is 0 Å². The lowest BCUT2D eigenvalue weighted by molar-refractivity contribution is 0.0856. The number of rotatable bonds is 8. The third-order valence-corrected chi connectivity index (χ3v) is 8.30. The highest BCUT2D eigenvalue weighted by atomic mass is 16.3. The van der Waals surface area contributed by atoms with Crippen molar-refractivity contribution in [2.45, 2.75) is 96.0 Å². The first-order valence-corrected chi connectivity index (χ1v) is 13.2. The molecule has 186 valence electrons. The van der Waals surface area contributed by atoms with E-state index in [0.717, 1.165) is 56.3 Å². The summed E-state index contributed by atoms with van der Waals surface area (Å²) in [5.74, 6) is 1.58. The SMILES string of the molecule is CC1(C)CCC(C)(C)c2cc(-c3ccnc(N4CCC(CCCC[C@@H](O)CO)CC4)n3)ccc21. The van der Waals surface area contributed by atoms with Gasteiger partial charge in [-0.15, -0.1) is 0 Å². The first-order chi connectivity index (χ1) is 16.2. The normalized spacial score (nSPS) is 20.7. The summed E-state index contributed by atoms with van der Waals surface area (Å²) in [6, 6.07) is 8.99. The molecule has 5 nitrogen and oxygen atoms in total. The number of aliphatic hydroxyl groups excluding tert-OH is 2. The minimum atomic E-state index is -0.557. The second-order valence-electron chi connectivity index (χ2n) is 11.8. The highest BCUT2D eigenvalue weighted by molar-refractivity contribution is 5.64. The van der Waals surface area contributed by atoms with Crippen LogP contribution < -0.4 is 4.90 Å². The van der Waals surface area contributed by atoms with Crippen LogP contribution in [0.4, 0.5) is 5.95 Å². The van der Waals surface area contributed by atoms with E-state index in [0.29, 0.717) is 6.42 Å². The molecule has 0 spiro atoms. The number of piperidine rings is 1. The van der Waals surface area contributed by atoms with Crippen LogP contribution in [0.15, 0.2) is 30.5 Å². The summed E-state index contributed by atoms with van der Waals surface area (Å²) in [4.78, 5) is 11.9. The molecule has 2 N–H and O–H groups in total. The standard InChI is InChI=1S/C29H43N3O2/c1-28(2)14-15-29(3,4)25-19-22(9-10-24(25)28)26-11-16-30-27(31-26)32-17-12-21(13-18-32)7-5-6-8-23(34)20-33/h9-11,16,19,21,23,33-34H,5-8,12-15,17-18,20H2,1-4H3/t23-/m1/s1. The first kappa shape index (κ1) is 25.1. The molecule has 1 fully saturated rings. The fraction of sp³-hybridized carbons (Fsp3) is 0.655. The van der Waals surface area contributed by atoms with Crippen LogP contribution in [0.25, 0.3) is 11.3 Å². The van der Waals surface area contributed by atoms with Gasteiger partial charge in [-0.25, -0.2) is 9.97 Å². The maximum absolute atomic E-state index is 9.50. The van der Waals surface area contributed by atoms with Gasteiger partial charge in [0.1, 0.15) is 0 Å². The summed E-state index contributed by atoms with van der Waals surface area (Å²) in [5, 5.41) is 18.4.